The summed E-state index contributed by atoms with van der Waals surface area (Å²) in [6.07, 6.45) is 0. The van der Waals surface area contributed by atoms with Crippen LogP contribution in [0.1, 0.15) is 20.8 Å². The molecule has 0 saturated carbocycles. The van der Waals surface area contributed by atoms with Gasteiger partial charge in [0, 0.05) is 5.92 Å². The summed E-state index contributed by atoms with van der Waals surface area (Å²) >= 11 is 6.90. The third-order valence-corrected chi connectivity index (χ3v) is 3.67. The normalized spacial score (nSPS) is 29.8. The zero-order chi connectivity index (χ0) is 9.35. The van der Waals surface area contributed by atoms with E-state index in [9.17, 15) is 4.79 Å². The Balaban J connectivity index is 2.87. The molecule has 1 heterocycles. The Morgan fingerprint density at radius 2 is 2.25 bits per heavy atom. The van der Waals surface area contributed by atoms with Crippen molar-refractivity contribution in [1.29, 1.82) is 0 Å². The van der Waals surface area contributed by atoms with Crippen LogP contribution in [0, 0.1) is 5.92 Å². The lowest BCUT2D eigenvalue weighted by Crippen LogP contribution is -2.29. The molecule has 0 aromatic heterocycles. The predicted molar refractivity (Wildman–Crippen MR) is 54.0 cm³/mol. The molecule has 0 aromatic rings. The molecule has 0 radical (unpaired) electrons. The average Bonchev–Trinajstić information content (AvgIpc) is 2.30. The number of carbonyl (C=O) groups excluding carboxylic acids is 1. The summed E-state index contributed by atoms with van der Waals surface area (Å²) in [5.74, 6) is 0.596. The van der Waals surface area contributed by atoms with Gasteiger partial charge < -0.3 is 0 Å². The van der Waals surface area contributed by atoms with E-state index in [1.807, 2.05) is 13.8 Å². The largest absolute Gasteiger partial charge is 0.284 e. The van der Waals surface area contributed by atoms with Crippen molar-refractivity contribution in [3.05, 3.63) is 0 Å². The van der Waals surface area contributed by atoms with Crippen LogP contribution in [0.4, 0.5) is 0 Å². The summed E-state index contributed by atoms with van der Waals surface area (Å²) in [4.78, 5) is 15.7. The lowest BCUT2D eigenvalue weighted by molar-refractivity contribution is -0.114. The Labute approximate surface area is 81.8 Å². The molecule has 1 rings (SSSR count). The summed E-state index contributed by atoms with van der Waals surface area (Å²) in [6, 6.07) is 0. The fraction of sp³-hybridized carbons (Fsp3) is 0.750. The van der Waals surface area contributed by atoms with Gasteiger partial charge in [0.1, 0.15) is 5.54 Å². The lowest BCUT2D eigenvalue weighted by atomic mass is 10.1. The number of carbonyl (C=O) groups is 1. The molecule has 0 bridgehead atoms. The lowest BCUT2D eigenvalue weighted by Gasteiger charge is -2.12. The second-order valence-corrected chi connectivity index (χ2v) is 4.66. The molecule has 0 unspecified atom stereocenters. The van der Waals surface area contributed by atoms with Crippen LogP contribution in [0.2, 0.25) is 0 Å². The highest BCUT2D eigenvalue weighted by Crippen LogP contribution is 2.33. The average molecular weight is 206 g/mol. The van der Waals surface area contributed by atoms with E-state index in [4.69, 9.17) is 11.6 Å². The van der Waals surface area contributed by atoms with E-state index in [0.717, 1.165) is 5.04 Å². The van der Waals surface area contributed by atoms with Gasteiger partial charge in [-0.3, -0.25) is 9.79 Å². The number of nitrogens with zero attached hydrogens (tertiary/aromatic N) is 1. The van der Waals surface area contributed by atoms with Gasteiger partial charge in [-0.2, -0.15) is 0 Å². The second kappa shape index (κ2) is 3.38. The van der Waals surface area contributed by atoms with Crippen LogP contribution in [0.5, 0.6) is 0 Å². The first-order chi connectivity index (χ1) is 5.49. The monoisotopic (exact) mass is 205 g/mol. The van der Waals surface area contributed by atoms with Gasteiger partial charge in [0.15, 0.2) is 0 Å². The van der Waals surface area contributed by atoms with Crippen LogP contribution in [0.15, 0.2) is 4.99 Å². The Morgan fingerprint density at radius 3 is 2.50 bits per heavy atom. The molecule has 0 N–H and O–H groups in total. The molecule has 0 saturated heterocycles. The highest BCUT2D eigenvalue weighted by Gasteiger charge is 2.39. The van der Waals surface area contributed by atoms with Crippen LogP contribution >= 0.6 is 23.4 Å². The first-order valence-electron chi connectivity index (χ1n) is 3.87. The maximum Gasteiger partial charge on any atom is 0.223 e. The van der Waals surface area contributed by atoms with Crippen molar-refractivity contribution in [2.24, 2.45) is 10.9 Å². The van der Waals surface area contributed by atoms with Gasteiger partial charge >= 0.3 is 0 Å². The van der Waals surface area contributed by atoms with Gasteiger partial charge in [0.05, 0.1) is 10.9 Å². The number of rotatable bonds is 2. The van der Waals surface area contributed by atoms with E-state index < -0.39 is 5.54 Å². The van der Waals surface area contributed by atoms with Gasteiger partial charge in [-0.1, -0.05) is 13.8 Å². The van der Waals surface area contributed by atoms with E-state index in [1.165, 1.54) is 11.8 Å². The van der Waals surface area contributed by atoms with Gasteiger partial charge in [0.2, 0.25) is 5.12 Å². The summed E-state index contributed by atoms with van der Waals surface area (Å²) < 4.78 is 0. The van der Waals surface area contributed by atoms with E-state index >= 15 is 0 Å². The molecular weight excluding hydrogens is 194 g/mol. The fourth-order valence-corrected chi connectivity index (χ4v) is 2.12. The minimum absolute atomic E-state index is 0.0706. The summed E-state index contributed by atoms with van der Waals surface area (Å²) in [5, 5.41) is 0.976. The Bertz CT molecular complexity index is 239. The molecule has 12 heavy (non-hydrogen) atoms. The van der Waals surface area contributed by atoms with Gasteiger partial charge in [-0.15, -0.1) is 11.6 Å². The molecule has 0 amide bonds. The van der Waals surface area contributed by atoms with Crippen LogP contribution < -0.4 is 0 Å². The van der Waals surface area contributed by atoms with Crippen molar-refractivity contribution < 1.29 is 4.79 Å². The molecular formula is C8H12ClNOS. The standard InChI is InChI=1S/C8H12ClNOS/c1-5(2)6-10-8(3,4-9)7(11)12-6/h5H,4H2,1-3H3/t8-/m0/s1. The second-order valence-electron chi connectivity index (χ2n) is 3.40. The summed E-state index contributed by atoms with van der Waals surface area (Å²) in [6.45, 7) is 5.84. The molecule has 0 aromatic carbocycles. The summed E-state index contributed by atoms with van der Waals surface area (Å²) in [5.41, 5.74) is -0.675. The number of hydrogen-bond donors (Lipinski definition) is 0. The number of alkyl halides is 1. The molecule has 68 valence electrons. The number of aliphatic imine (C=N–C) groups is 1. The number of halogens is 1. The van der Waals surface area contributed by atoms with Crippen molar-refractivity contribution in [2.75, 3.05) is 5.88 Å². The quantitative estimate of drug-likeness (QED) is 0.648. The van der Waals surface area contributed by atoms with Crippen molar-refractivity contribution in [2.45, 2.75) is 26.3 Å². The molecule has 1 atom stereocenters. The highest BCUT2D eigenvalue weighted by atomic mass is 35.5. The predicted octanol–water partition coefficient (Wildman–Crippen LogP) is 2.31. The number of hydrogen-bond acceptors (Lipinski definition) is 3. The van der Waals surface area contributed by atoms with Crippen LogP contribution in [-0.4, -0.2) is 21.6 Å². The molecule has 1 aliphatic heterocycles. The van der Waals surface area contributed by atoms with Gasteiger partial charge in [-0.25, -0.2) is 0 Å². The molecule has 0 spiro atoms. The van der Waals surface area contributed by atoms with Crippen molar-refractivity contribution in [3.8, 4) is 0 Å². The fourth-order valence-electron chi connectivity index (χ4n) is 0.848. The Hall–Kier alpha value is -0.0200. The van der Waals surface area contributed by atoms with Crippen molar-refractivity contribution in [3.63, 3.8) is 0 Å². The zero-order valence-electron chi connectivity index (χ0n) is 7.43. The molecule has 0 fully saturated rings. The highest BCUT2D eigenvalue weighted by molar-refractivity contribution is 8.27. The maximum absolute atomic E-state index is 11.4. The Kier molecular flexibility index (Phi) is 2.84. The van der Waals surface area contributed by atoms with Gasteiger partial charge in [-0.05, 0) is 18.7 Å². The Morgan fingerprint density at radius 1 is 1.67 bits per heavy atom. The SMILES string of the molecule is CC(C)C1=N[C@@](C)(CCl)C(=O)S1. The summed E-state index contributed by atoms with van der Waals surface area (Å²) in [7, 11) is 0. The maximum atomic E-state index is 11.4. The van der Waals surface area contributed by atoms with Crippen LogP contribution in [0.3, 0.4) is 0 Å². The zero-order valence-corrected chi connectivity index (χ0v) is 9.00. The molecule has 4 heteroatoms. The molecule has 1 aliphatic rings. The first-order valence-corrected chi connectivity index (χ1v) is 5.22. The first kappa shape index (κ1) is 10.1. The van der Waals surface area contributed by atoms with Crippen LogP contribution in [-0.2, 0) is 4.79 Å². The van der Waals surface area contributed by atoms with E-state index in [0.29, 0.717) is 5.92 Å². The van der Waals surface area contributed by atoms with Crippen LogP contribution in [0.25, 0.3) is 0 Å². The number of thioether (sulfide) groups is 1. The molecule has 2 nitrogen and oxygen atoms in total. The third-order valence-electron chi connectivity index (χ3n) is 1.75. The minimum atomic E-state index is -0.675. The minimum Gasteiger partial charge on any atom is -0.284 e. The topological polar surface area (TPSA) is 29.4 Å². The third kappa shape index (κ3) is 1.67. The van der Waals surface area contributed by atoms with E-state index in [1.54, 1.807) is 6.92 Å². The van der Waals surface area contributed by atoms with Crippen molar-refractivity contribution in [1.82, 2.24) is 0 Å². The van der Waals surface area contributed by atoms with Gasteiger partial charge in [0.25, 0.3) is 0 Å². The van der Waals surface area contributed by atoms with E-state index in [2.05, 4.69) is 4.99 Å². The van der Waals surface area contributed by atoms with E-state index in [-0.39, 0.29) is 11.0 Å². The van der Waals surface area contributed by atoms with Crippen molar-refractivity contribution >= 4 is 33.5 Å². The smallest absolute Gasteiger partial charge is 0.223 e. The molecule has 0 aliphatic carbocycles.